The van der Waals surface area contributed by atoms with Crippen LogP contribution in [0.25, 0.3) is 5.82 Å². The summed E-state index contributed by atoms with van der Waals surface area (Å²) in [6, 6.07) is 3.51. The van der Waals surface area contributed by atoms with E-state index in [1.165, 1.54) is 19.4 Å². The first-order valence-corrected chi connectivity index (χ1v) is 7.75. The van der Waals surface area contributed by atoms with Gasteiger partial charge in [-0.15, -0.1) is 0 Å². The van der Waals surface area contributed by atoms with E-state index in [-0.39, 0.29) is 27.0 Å². The molecule has 0 fully saturated rings. The number of rotatable bonds is 3. The molecule has 0 saturated heterocycles. The lowest BCUT2D eigenvalue weighted by Crippen LogP contribution is -2.42. The lowest BCUT2D eigenvalue weighted by atomic mass is 9.93. The number of benzene rings is 1. The molecule has 1 aliphatic heterocycles. The van der Waals surface area contributed by atoms with Crippen molar-refractivity contribution in [1.82, 2.24) is 15.3 Å². The van der Waals surface area contributed by atoms with Gasteiger partial charge in [-0.05, 0) is 18.2 Å². The lowest BCUT2D eigenvalue weighted by molar-refractivity contribution is -0.269. The Kier molecular flexibility index (Phi) is 4.63. The number of methoxy groups -OCH3 is 1. The number of carbonyl (C=O) groups excluding carboxylic acids is 1. The summed E-state index contributed by atoms with van der Waals surface area (Å²) in [6.45, 7) is 0. The number of esters is 1. The molecule has 1 N–H and O–H groups in total. The van der Waals surface area contributed by atoms with Gasteiger partial charge in [-0.25, -0.2) is 19.8 Å². The van der Waals surface area contributed by atoms with Crippen molar-refractivity contribution in [3.63, 3.8) is 0 Å². The van der Waals surface area contributed by atoms with Crippen molar-refractivity contribution >= 4 is 35.0 Å². The molecule has 0 aliphatic carbocycles. The molecule has 3 rings (SSSR count). The van der Waals surface area contributed by atoms with Gasteiger partial charge in [0.25, 0.3) is 0 Å². The van der Waals surface area contributed by atoms with Crippen LogP contribution in [0.3, 0.4) is 0 Å². The number of carbonyl (C=O) groups is 1. The van der Waals surface area contributed by atoms with Gasteiger partial charge in [0, 0.05) is 27.9 Å². The minimum Gasteiger partial charge on any atom is -0.465 e. The van der Waals surface area contributed by atoms with Crippen LogP contribution in [0.4, 0.5) is 13.2 Å². The molecule has 26 heavy (non-hydrogen) atoms. The van der Waals surface area contributed by atoms with Gasteiger partial charge in [0.15, 0.2) is 5.82 Å². The average molecular weight is 408 g/mol. The topological polar surface area (TPSA) is 65.4 Å². The molecule has 11 heteroatoms. The van der Waals surface area contributed by atoms with E-state index in [0.717, 1.165) is 29.1 Å². The van der Waals surface area contributed by atoms with Gasteiger partial charge in [0.05, 0.1) is 18.9 Å². The van der Waals surface area contributed by atoms with Crippen LogP contribution in [0.1, 0.15) is 15.9 Å². The van der Waals surface area contributed by atoms with Gasteiger partial charge in [0.2, 0.25) is 5.60 Å². The van der Waals surface area contributed by atoms with Gasteiger partial charge in [0.1, 0.15) is 0 Å². The van der Waals surface area contributed by atoms with E-state index in [4.69, 9.17) is 28.0 Å². The summed E-state index contributed by atoms with van der Waals surface area (Å²) in [7, 11) is 1.17. The lowest BCUT2D eigenvalue weighted by Gasteiger charge is -2.28. The molecule has 0 amide bonds. The highest BCUT2D eigenvalue weighted by Crippen LogP contribution is 2.47. The van der Waals surface area contributed by atoms with Crippen LogP contribution < -0.4 is 5.48 Å². The van der Waals surface area contributed by atoms with Crippen molar-refractivity contribution in [3.05, 3.63) is 57.8 Å². The standard InChI is InChI=1S/C15H10Cl2F3N3O3/c1-25-13(24)8-6-21-23(7-8)12-5-14(26-22-12,15(18,19)20)9-2-10(16)4-11(17)3-9/h2-7,22H,1H3. The Morgan fingerprint density at radius 3 is 2.54 bits per heavy atom. The summed E-state index contributed by atoms with van der Waals surface area (Å²) in [6.07, 6.45) is -1.71. The molecular formula is C15H10Cl2F3N3O3. The van der Waals surface area contributed by atoms with Crippen LogP contribution in [-0.2, 0) is 15.2 Å². The molecule has 6 nitrogen and oxygen atoms in total. The van der Waals surface area contributed by atoms with Crippen molar-refractivity contribution in [1.29, 1.82) is 0 Å². The molecule has 0 radical (unpaired) electrons. The number of alkyl halides is 3. The van der Waals surface area contributed by atoms with E-state index >= 15 is 0 Å². The maximum Gasteiger partial charge on any atom is 0.428 e. The third kappa shape index (κ3) is 3.13. The van der Waals surface area contributed by atoms with Crippen molar-refractivity contribution in [2.24, 2.45) is 0 Å². The number of nitrogens with one attached hydrogen (secondary N) is 1. The number of aromatic nitrogens is 2. The Morgan fingerprint density at radius 1 is 1.31 bits per heavy atom. The second kappa shape index (κ2) is 6.49. The minimum atomic E-state index is -4.84. The molecule has 1 unspecified atom stereocenters. The van der Waals surface area contributed by atoms with E-state index in [1.54, 1.807) is 0 Å². The number of nitrogens with zero attached hydrogens (tertiary/aromatic N) is 2. The van der Waals surface area contributed by atoms with Gasteiger partial charge >= 0.3 is 12.1 Å². The molecule has 1 atom stereocenters. The van der Waals surface area contributed by atoms with Crippen molar-refractivity contribution < 1.29 is 27.5 Å². The summed E-state index contributed by atoms with van der Waals surface area (Å²) in [5.74, 6) is -0.826. The van der Waals surface area contributed by atoms with Crippen LogP contribution in [0.5, 0.6) is 0 Å². The predicted molar refractivity (Wildman–Crippen MR) is 86.3 cm³/mol. The molecule has 1 aromatic heterocycles. The van der Waals surface area contributed by atoms with Gasteiger partial charge in [-0.1, -0.05) is 23.2 Å². The zero-order valence-electron chi connectivity index (χ0n) is 13.0. The molecule has 0 spiro atoms. The second-order valence-electron chi connectivity index (χ2n) is 5.29. The quantitative estimate of drug-likeness (QED) is 0.784. The highest BCUT2D eigenvalue weighted by Gasteiger charge is 2.60. The first-order chi connectivity index (χ1) is 12.2. The van der Waals surface area contributed by atoms with E-state index in [1.807, 2.05) is 0 Å². The number of ether oxygens (including phenoxy) is 1. The monoisotopic (exact) mass is 407 g/mol. The van der Waals surface area contributed by atoms with Crippen molar-refractivity contribution in [2.45, 2.75) is 11.8 Å². The van der Waals surface area contributed by atoms with Crippen LogP contribution in [-0.4, -0.2) is 29.0 Å². The Bertz CT molecular complexity index is 877. The predicted octanol–water partition coefficient (Wildman–Crippen LogP) is 3.77. The van der Waals surface area contributed by atoms with Crippen LogP contribution in [0, 0.1) is 0 Å². The highest BCUT2D eigenvalue weighted by molar-refractivity contribution is 6.34. The fraction of sp³-hybridized carbons (Fsp3) is 0.200. The maximum atomic E-state index is 13.8. The molecule has 2 aromatic rings. The largest absolute Gasteiger partial charge is 0.465 e. The first-order valence-electron chi connectivity index (χ1n) is 7.00. The summed E-state index contributed by atoms with van der Waals surface area (Å²) in [4.78, 5) is 16.4. The summed E-state index contributed by atoms with van der Waals surface area (Å²) in [5.41, 5.74) is -0.912. The Hall–Kier alpha value is -2.23. The SMILES string of the molecule is COC(=O)c1cnn(C2=CC(c3cc(Cl)cc(Cl)c3)(C(F)(F)F)ON2)c1. The van der Waals surface area contributed by atoms with E-state index < -0.39 is 17.7 Å². The first kappa shape index (κ1) is 18.6. The third-order valence-corrected chi connectivity index (χ3v) is 4.06. The molecule has 1 aromatic carbocycles. The minimum absolute atomic E-state index is 0.0219. The second-order valence-corrected chi connectivity index (χ2v) is 6.16. The van der Waals surface area contributed by atoms with E-state index in [0.29, 0.717) is 0 Å². The van der Waals surface area contributed by atoms with E-state index in [9.17, 15) is 18.0 Å². The Morgan fingerprint density at radius 2 is 1.96 bits per heavy atom. The van der Waals surface area contributed by atoms with Gasteiger partial charge in [-0.3, -0.25) is 0 Å². The van der Waals surface area contributed by atoms with Gasteiger partial charge < -0.3 is 4.74 Å². The van der Waals surface area contributed by atoms with E-state index in [2.05, 4.69) is 15.3 Å². The molecule has 1 aliphatic rings. The fourth-order valence-electron chi connectivity index (χ4n) is 2.39. The summed E-state index contributed by atoms with van der Waals surface area (Å²) in [5, 5.41) is 3.87. The fourth-order valence-corrected chi connectivity index (χ4v) is 2.91. The molecule has 138 valence electrons. The maximum absolute atomic E-state index is 13.8. The smallest absolute Gasteiger partial charge is 0.428 e. The number of halogens is 5. The molecule has 0 bridgehead atoms. The van der Waals surface area contributed by atoms with Crippen molar-refractivity contribution in [2.75, 3.05) is 7.11 Å². The highest BCUT2D eigenvalue weighted by atomic mass is 35.5. The average Bonchev–Trinajstić information content (AvgIpc) is 3.20. The Labute approximate surface area is 155 Å². The zero-order chi connectivity index (χ0) is 19.1. The number of hydrogen-bond donors (Lipinski definition) is 1. The Balaban J connectivity index is 2.08. The molecule has 0 saturated carbocycles. The number of hydroxylamine groups is 1. The molecule has 2 heterocycles. The third-order valence-electron chi connectivity index (χ3n) is 3.62. The number of hydrogen-bond acceptors (Lipinski definition) is 5. The van der Waals surface area contributed by atoms with Crippen LogP contribution in [0.15, 0.2) is 36.7 Å². The van der Waals surface area contributed by atoms with Crippen LogP contribution >= 0.6 is 23.2 Å². The zero-order valence-corrected chi connectivity index (χ0v) is 14.5. The summed E-state index contributed by atoms with van der Waals surface area (Å²) < 4.78 is 47.1. The molecular weight excluding hydrogens is 398 g/mol. The van der Waals surface area contributed by atoms with Gasteiger partial charge in [-0.2, -0.15) is 18.3 Å². The van der Waals surface area contributed by atoms with Crippen molar-refractivity contribution in [3.8, 4) is 0 Å². The summed E-state index contributed by atoms with van der Waals surface area (Å²) >= 11 is 11.7. The van der Waals surface area contributed by atoms with Crippen LogP contribution in [0.2, 0.25) is 10.0 Å². The normalized spacial score (nSPS) is 19.8.